The summed E-state index contributed by atoms with van der Waals surface area (Å²) < 4.78 is 19.0. The second-order valence-electron chi connectivity index (χ2n) is 10.2. The van der Waals surface area contributed by atoms with Gasteiger partial charge in [0, 0.05) is 24.9 Å². The summed E-state index contributed by atoms with van der Waals surface area (Å²) in [5, 5.41) is 3.26. The van der Waals surface area contributed by atoms with Crippen molar-refractivity contribution in [2.24, 2.45) is 0 Å². The molecule has 2 aliphatic rings. The summed E-state index contributed by atoms with van der Waals surface area (Å²) in [5.41, 5.74) is 2.90. The number of quaternary nitrogens is 1. The zero-order chi connectivity index (χ0) is 26.6. The van der Waals surface area contributed by atoms with Gasteiger partial charge in [-0.3, -0.25) is 9.59 Å². The van der Waals surface area contributed by atoms with Crippen LogP contribution < -0.4 is 15.0 Å². The monoisotopic (exact) mass is 516 g/mol. The molecule has 5 rings (SSSR count). The van der Waals surface area contributed by atoms with Gasteiger partial charge in [0.1, 0.15) is 17.6 Å². The van der Waals surface area contributed by atoms with Crippen molar-refractivity contribution in [3.8, 4) is 5.75 Å². The van der Waals surface area contributed by atoms with Gasteiger partial charge in [-0.05, 0) is 53.9 Å². The molecule has 0 aromatic heterocycles. The van der Waals surface area contributed by atoms with Crippen LogP contribution >= 0.6 is 0 Å². The lowest BCUT2D eigenvalue weighted by molar-refractivity contribution is -0.909. The van der Waals surface area contributed by atoms with Gasteiger partial charge in [-0.2, -0.15) is 0 Å². The molecule has 2 heterocycles. The molecule has 0 saturated carbocycles. The van der Waals surface area contributed by atoms with Crippen LogP contribution in [0.25, 0.3) is 0 Å². The molecule has 0 bridgehead atoms. The Morgan fingerprint density at radius 2 is 1.82 bits per heavy atom. The highest BCUT2D eigenvalue weighted by Crippen LogP contribution is 2.44. The molecule has 0 spiro atoms. The highest BCUT2D eigenvalue weighted by atomic mass is 19.1. The van der Waals surface area contributed by atoms with Crippen LogP contribution in [-0.4, -0.2) is 49.5 Å². The minimum absolute atomic E-state index is 0.0859. The number of hydrogen-bond acceptors (Lipinski definition) is 3. The second kappa shape index (κ2) is 11.4. The Hall–Kier alpha value is -3.71. The van der Waals surface area contributed by atoms with Gasteiger partial charge in [0.05, 0.1) is 38.7 Å². The minimum Gasteiger partial charge on any atom is -0.497 e. The fourth-order valence-electron chi connectivity index (χ4n) is 6.04. The normalized spacial score (nSPS) is 22.7. The SMILES string of the molecule is CC[NH+]1CCCC1CNC(=O)C1c2ccccc2C(=O)N(Cc2ccc(F)cc2)C1c1ccc(OC)cc1. The summed E-state index contributed by atoms with van der Waals surface area (Å²) in [4.78, 5) is 31.2. The molecule has 2 amide bonds. The molecule has 1 saturated heterocycles. The maximum atomic E-state index is 14.0. The number of ether oxygens (including phenoxy) is 1. The van der Waals surface area contributed by atoms with Crippen molar-refractivity contribution in [2.45, 2.75) is 44.3 Å². The second-order valence-corrected chi connectivity index (χ2v) is 10.2. The first-order chi connectivity index (χ1) is 18.5. The number of hydrogen-bond donors (Lipinski definition) is 2. The fraction of sp³-hybridized carbons (Fsp3) is 0.355. The molecule has 4 unspecified atom stereocenters. The molecule has 7 heteroatoms. The molecule has 38 heavy (non-hydrogen) atoms. The number of benzene rings is 3. The van der Waals surface area contributed by atoms with Gasteiger partial charge in [-0.15, -0.1) is 0 Å². The van der Waals surface area contributed by atoms with Crippen LogP contribution in [0, 0.1) is 5.82 Å². The predicted octanol–water partition coefficient (Wildman–Crippen LogP) is 3.50. The van der Waals surface area contributed by atoms with E-state index in [0.717, 1.165) is 36.2 Å². The van der Waals surface area contributed by atoms with E-state index in [4.69, 9.17) is 4.74 Å². The van der Waals surface area contributed by atoms with E-state index < -0.39 is 12.0 Å². The van der Waals surface area contributed by atoms with Crippen molar-refractivity contribution in [3.05, 3.63) is 101 Å². The Morgan fingerprint density at radius 1 is 1.08 bits per heavy atom. The molecule has 2 aliphatic heterocycles. The molecule has 2 N–H and O–H groups in total. The van der Waals surface area contributed by atoms with Crippen LogP contribution in [0.5, 0.6) is 5.75 Å². The molecule has 0 aliphatic carbocycles. The van der Waals surface area contributed by atoms with Crippen molar-refractivity contribution in [2.75, 3.05) is 26.7 Å². The molecular weight excluding hydrogens is 481 g/mol. The van der Waals surface area contributed by atoms with Crippen molar-refractivity contribution in [1.82, 2.24) is 10.2 Å². The number of likely N-dealkylation sites (tertiary alicyclic amines) is 1. The van der Waals surface area contributed by atoms with Crippen LogP contribution in [0.4, 0.5) is 4.39 Å². The first-order valence-corrected chi connectivity index (χ1v) is 13.4. The lowest BCUT2D eigenvalue weighted by atomic mass is 9.79. The van der Waals surface area contributed by atoms with Gasteiger partial charge in [-0.1, -0.05) is 42.5 Å². The highest BCUT2D eigenvalue weighted by molar-refractivity contribution is 6.01. The number of methoxy groups -OCH3 is 1. The number of likely N-dealkylation sites (N-methyl/N-ethyl adjacent to an activating group) is 1. The van der Waals surface area contributed by atoms with E-state index in [1.165, 1.54) is 23.5 Å². The standard InChI is InChI=1S/C31H34FN3O3/c1-3-34-18-6-7-24(34)19-33-30(36)28-26-8-4-5-9-27(26)31(37)35(20-21-10-14-23(32)15-11-21)29(28)22-12-16-25(38-2)17-13-22/h4-5,8-17,24,28-29H,3,6-7,18-20H2,1-2H3,(H,33,36)/p+1. The molecule has 3 aromatic rings. The summed E-state index contributed by atoms with van der Waals surface area (Å²) in [6.45, 7) is 5.23. The number of amides is 2. The number of carbonyl (C=O) groups excluding carboxylic acids is 2. The third kappa shape index (κ3) is 5.16. The number of rotatable bonds is 8. The molecule has 198 valence electrons. The van der Waals surface area contributed by atoms with E-state index >= 15 is 0 Å². The Kier molecular flexibility index (Phi) is 7.74. The van der Waals surface area contributed by atoms with E-state index in [9.17, 15) is 14.0 Å². The summed E-state index contributed by atoms with van der Waals surface area (Å²) in [6, 6.07) is 21.0. The molecule has 3 aromatic carbocycles. The van der Waals surface area contributed by atoms with Crippen LogP contribution in [-0.2, 0) is 11.3 Å². The van der Waals surface area contributed by atoms with Crippen molar-refractivity contribution >= 4 is 11.8 Å². The molecule has 1 fully saturated rings. The third-order valence-corrected chi connectivity index (χ3v) is 8.05. The quantitative estimate of drug-likeness (QED) is 0.482. The van der Waals surface area contributed by atoms with Gasteiger partial charge < -0.3 is 19.9 Å². The maximum Gasteiger partial charge on any atom is 0.255 e. The van der Waals surface area contributed by atoms with Gasteiger partial charge in [-0.25, -0.2) is 4.39 Å². The average molecular weight is 517 g/mol. The topological polar surface area (TPSA) is 63.1 Å². The van der Waals surface area contributed by atoms with Crippen LogP contribution in [0.15, 0.2) is 72.8 Å². The fourth-order valence-corrected chi connectivity index (χ4v) is 6.04. The highest BCUT2D eigenvalue weighted by Gasteiger charge is 2.44. The number of halogens is 1. The summed E-state index contributed by atoms with van der Waals surface area (Å²) in [7, 11) is 1.61. The Morgan fingerprint density at radius 3 is 2.53 bits per heavy atom. The van der Waals surface area contributed by atoms with Crippen molar-refractivity contribution < 1.29 is 23.6 Å². The van der Waals surface area contributed by atoms with E-state index in [-0.39, 0.29) is 24.2 Å². The molecular formula is C31H35FN3O3+. The van der Waals surface area contributed by atoms with Crippen LogP contribution in [0.2, 0.25) is 0 Å². The Labute approximate surface area is 223 Å². The zero-order valence-corrected chi connectivity index (χ0v) is 22.0. The lowest BCUT2D eigenvalue weighted by Crippen LogP contribution is -3.14. The Balaban J connectivity index is 1.55. The zero-order valence-electron chi connectivity index (χ0n) is 22.0. The number of fused-ring (bicyclic) bond motifs is 1. The van der Waals surface area contributed by atoms with Crippen molar-refractivity contribution in [3.63, 3.8) is 0 Å². The van der Waals surface area contributed by atoms with E-state index in [1.807, 2.05) is 42.5 Å². The maximum absolute atomic E-state index is 14.0. The van der Waals surface area contributed by atoms with Crippen LogP contribution in [0.1, 0.15) is 58.8 Å². The number of carbonyl (C=O) groups is 2. The van der Waals surface area contributed by atoms with E-state index in [2.05, 4.69) is 12.2 Å². The number of nitrogens with zero attached hydrogens (tertiary/aromatic N) is 1. The summed E-state index contributed by atoms with van der Waals surface area (Å²) in [5.74, 6) is -0.455. The first kappa shape index (κ1) is 25.9. The number of nitrogens with one attached hydrogen (secondary N) is 2. The lowest BCUT2D eigenvalue weighted by Gasteiger charge is -2.42. The van der Waals surface area contributed by atoms with E-state index in [0.29, 0.717) is 23.9 Å². The summed E-state index contributed by atoms with van der Waals surface area (Å²) in [6.07, 6.45) is 2.27. The van der Waals surface area contributed by atoms with Gasteiger partial charge in [0.15, 0.2) is 0 Å². The van der Waals surface area contributed by atoms with Gasteiger partial charge in [0.2, 0.25) is 5.91 Å². The third-order valence-electron chi connectivity index (χ3n) is 8.05. The van der Waals surface area contributed by atoms with Crippen LogP contribution in [0.3, 0.4) is 0 Å². The molecule has 4 atom stereocenters. The first-order valence-electron chi connectivity index (χ1n) is 13.4. The molecule has 6 nitrogen and oxygen atoms in total. The van der Waals surface area contributed by atoms with Gasteiger partial charge in [0.25, 0.3) is 5.91 Å². The smallest absolute Gasteiger partial charge is 0.255 e. The molecule has 0 radical (unpaired) electrons. The van der Waals surface area contributed by atoms with Crippen molar-refractivity contribution in [1.29, 1.82) is 0 Å². The van der Waals surface area contributed by atoms with E-state index in [1.54, 1.807) is 30.2 Å². The minimum atomic E-state index is -0.593. The van der Waals surface area contributed by atoms with Gasteiger partial charge >= 0.3 is 0 Å². The Bertz CT molecular complexity index is 1280. The average Bonchev–Trinajstić information content (AvgIpc) is 3.42. The predicted molar refractivity (Wildman–Crippen MR) is 144 cm³/mol. The summed E-state index contributed by atoms with van der Waals surface area (Å²) >= 11 is 0. The largest absolute Gasteiger partial charge is 0.497 e.